The molecule has 2 heterocycles. The third-order valence-electron chi connectivity index (χ3n) is 7.64. The molecule has 5 heteroatoms. The Labute approximate surface area is 220 Å². The van der Waals surface area contributed by atoms with Gasteiger partial charge in [0.15, 0.2) is 0 Å². The van der Waals surface area contributed by atoms with Gasteiger partial charge in [0.25, 0.3) is 0 Å². The standard InChI is InChI=1S/C31H36FNSSi2/c1-20(2)26-19-22(18-21-12-9-10-13-23(21)26)28-30-25(16-17-33-28)24-14-11-15-27(29(24)34-30)31(32,35(3,4)5)36(6,7)8/h9-20H,1-8H3. The molecule has 5 rings (SSSR count). The fourth-order valence-electron chi connectivity index (χ4n) is 6.09. The highest BCUT2D eigenvalue weighted by atomic mass is 32.1. The normalized spacial score (nSPS) is 13.4. The highest BCUT2D eigenvalue weighted by molar-refractivity contribution is 7.26. The zero-order valence-electron chi connectivity index (χ0n) is 22.7. The van der Waals surface area contributed by atoms with E-state index in [4.69, 9.17) is 4.98 Å². The van der Waals surface area contributed by atoms with Crippen LogP contribution >= 0.6 is 11.3 Å². The molecule has 5 aromatic rings. The number of fused-ring (bicyclic) bond motifs is 4. The summed E-state index contributed by atoms with van der Waals surface area (Å²) in [7, 11) is -4.39. The Hall–Kier alpha value is -2.35. The Kier molecular flexibility index (Phi) is 6.05. The van der Waals surface area contributed by atoms with Crippen LogP contribution in [0.25, 0.3) is 42.2 Å². The first-order chi connectivity index (χ1) is 16.8. The maximum absolute atomic E-state index is 17.5. The summed E-state index contributed by atoms with van der Waals surface area (Å²) in [5.74, 6) is 0.406. The predicted octanol–water partition coefficient (Wildman–Crippen LogP) is 10.3. The average molecular weight is 530 g/mol. The van der Waals surface area contributed by atoms with Gasteiger partial charge in [-0.1, -0.05) is 95.6 Å². The molecule has 0 saturated carbocycles. The van der Waals surface area contributed by atoms with Crippen molar-refractivity contribution in [2.75, 3.05) is 0 Å². The van der Waals surface area contributed by atoms with Crippen LogP contribution in [-0.2, 0) is 4.92 Å². The second kappa shape index (κ2) is 8.61. The third kappa shape index (κ3) is 3.78. The third-order valence-corrected chi connectivity index (χ3v) is 18.1. The number of pyridine rings is 1. The summed E-state index contributed by atoms with van der Waals surface area (Å²) in [5.41, 5.74) is 4.38. The fourth-order valence-corrected chi connectivity index (χ4v) is 18.7. The number of rotatable bonds is 5. The molecule has 0 N–H and O–H groups in total. The molecule has 0 spiro atoms. The smallest absolute Gasteiger partial charge is 0.113 e. The first kappa shape index (κ1) is 25.3. The van der Waals surface area contributed by atoms with Gasteiger partial charge in [-0.3, -0.25) is 4.98 Å². The van der Waals surface area contributed by atoms with Crippen molar-refractivity contribution in [2.45, 2.75) is 64.0 Å². The number of benzene rings is 3. The van der Waals surface area contributed by atoms with Gasteiger partial charge in [-0.05, 0) is 40.5 Å². The van der Waals surface area contributed by atoms with Gasteiger partial charge >= 0.3 is 0 Å². The summed E-state index contributed by atoms with van der Waals surface area (Å²) in [6.45, 7) is 17.6. The van der Waals surface area contributed by atoms with Crippen molar-refractivity contribution in [1.29, 1.82) is 0 Å². The molecule has 0 atom stereocenters. The Morgan fingerprint density at radius 3 is 2.08 bits per heavy atom. The molecular weight excluding hydrogens is 494 g/mol. The van der Waals surface area contributed by atoms with E-state index in [1.165, 1.54) is 21.7 Å². The van der Waals surface area contributed by atoms with Crippen LogP contribution in [0.3, 0.4) is 0 Å². The Morgan fingerprint density at radius 1 is 0.778 bits per heavy atom. The SMILES string of the molecule is CC(C)c1cc(-c2nccc3c2sc2c(C(F)([Si](C)(C)C)[Si](C)(C)C)cccc23)cc2ccccc12. The Morgan fingerprint density at radius 2 is 1.42 bits per heavy atom. The number of thiophene rings is 1. The molecule has 186 valence electrons. The lowest BCUT2D eigenvalue weighted by Gasteiger charge is -2.45. The van der Waals surface area contributed by atoms with Crippen molar-refractivity contribution >= 4 is 58.4 Å². The van der Waals surface area contributed by atoms with Crippen LogP contribution in [0.5, 0.6) is 0 Å². The predicted molar refractivity (Wildman–Crippen MR) is 164 cm³/mol. The van der Waals surface area contributed by atoms with E-state index < -0.39 is 21.1 Å². The molecule has 0 aliphatic carbocycles. The largest absolute Gasteiger partial charge is 0.255 e. The van der Waals surface area contributed by atoms with E-state index in [9.17, 15) is 0 Å². The van der Waals surface area contributed by atoms with E-state index in [0.717, 1.165) is 31.6 Å². The topological polar surface area (TPSA) is 12.9 Å². The molecule has 3 aromatic carbocycles. The van der Waals surface area contributed by atoms with Crippen LogP contribution in [0.2, 0.25) is 39.3 Å². The molecule has 0 unspecified atom stereocenters. The van der Waals surface area contributed by atoms with Crippen molar-refractivity contribution in [1.82, 2.24) is 4.98 Å². The van der Waals surface area contributed by atoms with E-state index in [1.807, 2.05) is 6.20 Å². The first-order valence-electron chi connectivity index (χ1n) is 12.9. The van der Waals surface area contributed by atoms with E-state index >= 15 is 4.39 Å². The second-order valence-corrected chi connectivity index (χ2v) is 24.3. The molecule has 0 fully saturated rings. The lowest BCUT2D eigenvalue weighted by atomic mass is 9.92. The molecule has 0 saturated heterocycles. The number of hydrogen-bond acceptors (Lipinski definition) is 2. The highest BCUT2D eigenvalue weighted by Gasteiger charge is 2.55. The van der Waals surface area contributed by atoms with Crippen LogP contribution in [0, 0.1) is 0 Å². The number of aromatic nitrogens is 1. The van der Waals surface area contributed by atoms with E-state index in [2.05, 4.69) is 114 Å². The molecule has 0 radical (unpaired) electrons. The summed E-state index contributed by atoms with van der Waals surface area (Å²) in [6, 6.07) is 21.6. The van der Waals surface area contributed by atoms with Crippen molar-refractivity contribution in [2.24, 2.45) is 0 Å². The minimum absolute atomic E-state index is 0.406. The average Bonchev–Trinajstić information content (AvgIpc) is 3.20. The van der Waals surface area contributed by atoms with Gasteiger partial charge in [-0.2, -0.15) is 0 Å². The molecular formula is C31H36FNSSi2. The van der Waals surface area contributed by atoms with Gasteiger partial charge in [0.05, 0.1) is 26.5 Å². The molecule has 1 nitrogen and oxygen atoms in total. The van der Waals surface area contributed by atoms with Gasteiger partial charge in [0.2, 0.25) is 0 Å². The number of alkyl halides is 1. The van der Waals surface area contributed by atoms with Crippen molar-refractivity contribution < 1.29 is 4.39 Å². The fraction of sp³-hybridized carbons (Fsp3) is 0.323. The van der Waals surface area contributed by atoms with E-state index in [1.54, 1.807) is 11.3 Å². The summed E-state index contributed by atoms with van der Waals surface area (Å²) >= 11 is 1.73. The van der Waals surface area contributed by atoms with Gasteiger partial charge in [-0.15, -0.1) is 11.3 Å². The number of halogens is 1. The van der Waals surface area contributed by atoms with Gasteiger partial charge in [0.1, 0.15) is 4.92 Å². The molecule has 0 aliphatic rings. The van der Waals surface area contributed by atoms with Crippen molar-refractivity contribution in [3.63, 3.8) is 0 Å². The van der Waals surface area contributed by atoms with Crippen molar-refractivity contribution in [3.05, 3.63) is 78.0 Å². The lowest BCUT2D eigenvalue weighted by molar-refractivity contribution is 0.369. The minimum atomic E-state index is -2.20. The molecule has 0 aliphatic heterocycles. The molecule has 36 heavy (non-hydrogen) atoms. The van der Waals surface area contributed by atoms with Crippen LogP contribution in [0.4, 0.5) is 4.39 Å². The molecule has 0 bridgehead atoms. The second-order valence-electron chi connectivity index (χ2n) is 12.4. The first-order valence-corrected chi connectivity index (χ1v) is 20.7. The van der Waals surface area contributed by atoms with Crippen LogP contribution in [0.15, 0.2) is 66.9 Å². The van der Waals surface area contributed by atoms with Gasteiger partial charge < -0.3 is 0 Å². The van der Waals surface area contributed by atoms with Crippen molar-refractivity contribution in [3.8, 4) is 11.3 Å². The van der Waals surface area contributed by atoms with Gasteiger partial charge in [-0.25, -0.2) is 4.39 Å². The highest BCUT2D eigenvalue weighted by Crippen LogP contribution is 2.50. The lowest BCUT2D eigenvalue weighted by Crippen LogP contribution is -2.60. The minimum Gasteiger partial charge on any atom is -0.255 e. The summed E-state index contributed by atoms with van der Waals surface area (Å²) in [5, 5.41) is 4.86. The molecule has 0 amide bonds. The van der Waals surface area contributed by atoms with E-state index in [-0.39, 0.29) is 0 Å². The van der Waals surface area contributed by atoms with Crippen LogP contribution < -0.4 is 0 Å². The monoisotopic (exact) mass is 529 g/mol. The number of nitrogens with zero attached hydrogens (tertiary/aromatic N) is 1. The van der Waals surface area contributed by atoms with Crippen LogP contribution in [-0.4, -0.2) is 21.1 Å². The summed E-state index contributed by atoms with van der Waals surface area (Å²) in [6.07, 6.45) is 1.92. The summed E-state index contributed by atoms with van der Waals surface area (Å²) < 4.78 is 19.7. The maximum atomic E-state index is 17.5. The molecule has 2 aromatic heterocycles. The van der Waals surface area contributed by atoms with Gasteiger partial charge in [0, 0.05) is 32.8 Å². The summed E-state index contributed by atoms with van der Waals surface area (Å²) in [4.78, 5) is 3.67. The maximum Gasteiger partial charge on any atom is 0.113 e. The van der Waals surface area contributed by atoms with E-state index in [0.29, 0.717) is 5.92 Å². The zero-order valence-corrected chi connectivity index (χ0v) is 25.5. The number of hydrogen-bond donors (Lipinski definition) is 0. The quantitative estimate of drug-likeness (QED) is 0.206. The Balaban J connectivity index is 1.84. The zero-order chi connectivity index (χ0) is 26.0. The Bertz CT molecular complexity index is 1590. The van der Waals surface area contributed by atoms with Crippen LogP contribution in [0.1, 0.15) is 30.9 Å².